The maximum atomic E-state index is 10.8. The summed E-state index contributed by atoms with van der Waals surface area (Å²) in [6, 6.07) is 6.56. The number of rotatable bonds is 2. The second-order valence-electron chi connectivity index (χ2n) is 3.78. The highest BCUT2D eigenvalue weighted by Crippen LogP contribution is 2.26. The first-order valence-electron chi connectivity index (χ1n) is 5.31. The molecule has 0 saturated heterocycles. The topological polar surface area (TPSA) is 70.2 Å². The van der Waals surface area contributed by atoms with Gasteiger partial charge in [0.2, 0.25) is 0 Å². The molecule has 1 heterocycles. The first kappa shape index (κ1) is 11.1. The van der Waals surface area contributed by atoms with Crippen LogP contribution in [0.2, 0.25) is 0 Å². The molecular formula is C12H11N3O2. The van der Waals surface area contributed by atoms with Gasteiger partial charge in [-0.05, 0) is 18.6 Å². The highest BCUT2D eigenvalue weighted by atomic mass is 16.6. The highest BCUT2D eigenvalue weighted by molar-refractivity contribution is 5.60. The van der Waals surface area contributed by atoms with E-state index in [2.05, 4.69) is 6.08 Å². The first-order chi connectivity index (χ1) is 8.22. The fraction of sp³-hybridized carbons (Fsp3) is 0.250. The van der Waals surface area contributed by atoms with Crippen LogP contribution < -0.4 is 4.90 Å². The summed E-state index contributed by atoms with van der Waals surface area (Å²) in [7, 11) is 0. The number of anilines is 1. The van der Waals surface area contributed by atoms with Crippen molar-refractivity contribution in [3.8, 4) is 6.07 Å². The van der Waals surface area contributed by atoms with Crippen molar-refractivity contribution in [1.29, 1.82) is 5.26 Å². The third-order valence-electron chi connectivity index (χ3n) is 2.72. The Kier molecular flexibility index (Phi) is 3.06. The van der Waals surface area contributed by atoms with Crippen LogP contribution in [0, 0.1) is 21.4 Å². The van der Waals surface area contributed by atoms with Crippen molar-refractivity contribution >= 4 is 11.4 Å². The van der Waals surface area contributed by atoms with Crippen molar-refractivity contribution < 1.29 is 4.92 Å². The zero-order chi connectivity index (χ0) is 12.3. The van der Waals surface area contributed by atoms with Gasteiger partial charge in [0.25, 0.3) is 5.69 Å². The second kappa shape index (κ2) is 4.66. The van der Waals surface area contributed by atoms with Gasteiger partial charge in [-0.25, -0.2) is 0 Å². The second-order valence-corrected chi connectivity index (χ2v) is 3.78. The molecule has 0 N–H and O–H groups in total. The fourth-order valence-corrected chi connectivity index (χ4v) is 1.84. The van der Waals surface area contributed by atoms with Crippen LogP contribution in [-0.2, 0) is 0 Å². The molecule has 0 fully saturated rings. The lowest BCUT2D eigenvalue weighted by Crippen LogP contribution is -2.26. The molecule has 0 aliphatic carbocycles. The summed E-state index contributed by atoms with van der Waals surface area (Å²) >= 11 is 0. The number of benzene rings is 1. The van der Waals surface area contributed by atoms with Crippen LogP contribution in [0.1, 0.15) is 12.0 Å². The van der Waals surface area contributed by atoms with Crippen molar-refractivity contribution in [3.63, 3.8) is 0 Å². The molecule has 0 unspecified atom stereocenters. The molecule has 17 heavy (non-hydrogen) atoms. The number of hydrogen-bond donors (Lipinski definition) is 0. The molecule has 0 atom stereocenters. The molecule has 2 rings (SSSR count). The maximum Gasteiger partial charge on any atom is 0.289 e. The quantitative estimate of drug-likeness (QED) is 0.443. The van der Waals surface area contributed by atoms with E-state index in [0.29, 0.717) is 0 Å². The van der Waals surface area contributed by atoms with E-state index < -0.39 is 4.92 Å². The lowest BCUT2D eigenvalue weighted by atomic mass is 10.1. The van der Waals surface area contributed by atoms with Crippen LogP contribution in [-0.4, -0.2) is 18.0 Å². The zero-order valence-corrected chi connectivity index (χ0v) is 9.17. The van der Waals surface area contributed by atoms with Gasteiger partial charge in [0.1, 0.15) is 11.6 Å². The van der Waals surface area contributed by atoms with Gasteiger partial charge < -0.3 is 4.90 Å². The van der Waals surface area contributed by atoms with Gasteiger partial charge in [0, 0.05) is 24.8 Å². The average molecular weight is 229 g/mol. The van der Waals surface area contributed by atoms with Gasteiger partial charge in [-0.3, -0.25) is 10.1 Å². The predicted octanol–water partition coefficient (Wildman–Crippen LogP) is 2.23. The molecule has 0 spiro atoms. The third-order valence-corrected chi connectivity index (χ3v) is 2.72. The predicted molar refractivity (Wildman–Crippen MR) is 63.8 cm³/mol. The fourth-order valence-electron chi connectivity index (χ4n) is 1.84. The zero-order valence-electron chi connectivity index (χ0n) is 9.17. The van der Waals surface area contributed by atoms with Gasteiger partial charge >= 0.3 is 0 Å². The third kappa shape index (κ3) is 2.26. The van der Waals surface area contributed by atoms with Crippen LogP contribution in [0.3, 0.4) is 0 Å². The van der Waals surface area contributed by atoms with Crippen LogP contribution in [0.15, 0.2) is 30.4 Å². The van der Waals surface area contributed by atoms with E-state index in [1.54, 1.807) is 6.07 Å². The molecule has 1 aromatic rings. The lowest BCUT2D eigenvalue weighted by Gasteiger charge is -2.25. The van der Waals surface area contributed by atoms with Gasteiger partial charge in [-0.15, -0.1) is 0 Å². The van der Waals surface area contributed by atoms with Gasteiger partial charge in [-0.1, -0.05) is 12.2 Å². The summed E-state index contributed by atoms with van der Waals surface area (Å²) in [6.45, 7) is 1.60. The molecule has 1 aliphatic heterocycles. The number of nitro groups is 1. The van der Waals surface area contributed by atoms with Crippen LogP contribution >= 0.6 is 0 Å². The van der Waals surface area contributed by atoms with Crippen molar-refractivity contribution in [1.82, 2.24) is 0 Å². The van der Waals surface area contributed by atoms with E-state index in [9.17, 15) is 10.1 Å². The van der Waals surface area contributed by atoms with E-state index in [-0.39, 0.29) is 11.3 Å². The van der Waals surface area contributed by atoms with E-state index in [1.165, 1.54) is 12.1 Å². The summed E-state index contributed by atoms with van der Waals surface area (Å²) < 4.78 is 0. The molecule has 5 nitrogen and oxygen atoms in total. The normalized spacial score (nSPS) is 14.4. The van der Waals surface area contributed by atoms with Crippen LogP contribution in [0.25, 0.3) is 0 Å². The minimum atomic E-state index is -0.512. The minimum absolute atomic E-state index is 0.103. The SMILES string of the molecule is N#Cc1ccc(N2CC=CCC2)cc1[N+](=O)[O-]. The van der Waals surface area contributed by atoms with E-state index >= 15 is 0 Å². The van der Waals surface area contributed by atoms with Gasteiger partial charge in [0.05, 0.1) is 4.92 Å². The van der Waals surface area contributed by atoms with Crippen molar-refractivity contribution in [3.05, 3.63) is 46.0 Å². The number of nitriles is 1. The summed E-state index contributed by atoms with van der Waals surface area (Å²) in [5.74, 6) is 0. The highest BCUT2D eigenvalue weighted by Gasteiger charge is 2.17. The summed E-state index contributed by atoms with van der Waals surface area (Å²) in [4.78, 5) is 12.4. The lowest BCUT2D eigenvalue weighted by molar-refractivity contribution is -0.385. The monoisotopic (exact) mass is 229 g/mol. The maximum absolute atomic E-state index is 10.8. The van der Waals surface area contributed by atoms with Crippen LogP contribution in [0.5, 0.6) is 0 Å². The molecule has 5 heteroatoms. The Morgan fingerprint density at radius 1 is 1.41 bits per heavy atom. The Morgan fingerprint density at radius 2 is 2.24 bits per heavy atom. The molecular weight excluding hydrogens is 218 g/mol. The van der Waals surface area contributed by atoms with Crippen molar-refractivity contribution in [2.75, 3.05) is 18.0 Å². The Hall–Kier alpha value is -2.35. The minimum Gasteiger partial charge on any atom is -0.367 e. The molecule has 0 bridgehead atoms. The van der Waals surface area contributed by atoms with Crippen LogP contribution in [0.4, 0.5) is 11.4 Å². The molecule has 0 aromatic heterocycles. The summed E-state index contributed by atoms with van der Waals surface area (Å²) in [6.07, 6.45) is 5.07. The number of nitro benzene ring substituents is 1. The standard InChI is InChI=1S/C12H11N3O2/c13-9-10-4-5-11(8-12(10)15(16)17)14-6-2-1-3-7-14/h1-2,4-5,8H,3,6-7H2. The van der Waals surface area contributed by atoms with Crippen molar-refractivity contribution in [2.45, 2.75) is 6.42 Å². The Labute approximate surface area is 98.7 Å². The van der Waals surface area contributed by atoms with Gasteiger partial charge in [-0.2, -0.15) is 5.26 Å². The van der Waals surface area contributed by atoms with E-state index in [1.807, 2.05) is 17.0 Å². The Bertz CT molecular complexity index is 517. The number of nitrogens with zero attached hydrogens (tertiary/aromatic N) is 3. The average Bonchev–Trinajstić information content (AvgIpc) is 2.39. The molecule has 1 aliphatic rings. The summed E-state index contributed by atoms with van der Waals surface area (Å²) in [5, 5.41) is 19.6. The van der Waals surface area contributed by atoms with Gasteiger partial charge in [0.15, 0.2) is 0 Å². The Morgan fingerprint density at radius 3 is 2.82 bits per heavy atom. The molecule has 0 amide bonds. The van der Waals surface area contributed by atoms with Crippen molar-refractivity contribution in [2.24, 2.45) is 0 Å². The molecule has 86 valence electrons. The Balaban J connectivity index is 2.37. The largest absolute Gasteiger partial charge is 0.367 e. The molecule has 1 aromatic carbocycles. The molecule has 0 saturated carbocycles. The first-order valence-corrected chi connectivity index (χ1v) is 5.31. The number of hydrogen-bond acceptors (Lipinski definition) is 4. The van der Waals surface area contributed by atoms with E-state index in [0.717, 1.165) is 25.2 Å². The smallest absolute Gasteiger partial charge is 0.289 e. The molecule has 0 radical (unpaired) electrons. The summed E-state index contributed by atoms with van der Waals surface area (Å²) in [5.41, 5.74) is 0.769. The van der Waals surface area contributed by atoms with E-state index in [4.69, 9.17) is 5.26 Å².